The molecule has 2 heterocycles. The number of rotatable bonds is 8. The standard InChI is InChI=1S/C19H29N3O2.2C2H6/c1-15(2)8-5-4-6-11-21-12-7-9-17(18(21)23)14-22-13-10-16(3)20-19(22)24;2*1-2/h7,9,12,15H,3-6,8,10-11,13-14H2,1-2H3,(H,20,24);2*1-2H3. The Morgan fingerprint density at radius 2 is 1.79 bits per heavy atom. The Kier molecular flexibility index (Phi) is 13.9. The Labute approximate surface area is 171 Å². The number of amides is 2. The van der Waals surface area contributed by atoms with Crippen LogP contribution in [-0.2, 0) is 13.1 Å². The van der Waals surface area contributed by atoms with Crippen molar-refractivity contribution >= 4 is 6.03 Å². The second-order valence-electron chi connectivity index (χ2n) is 6.98. The van der Waals surface area contributed by atoms with Crippen molar-refractivity contribution in [2.45, 2.75) is 86.7 Å². The number of urea groups is 1. The Bertz CT molecular complexity index is 635. The molecule has 1 saturated heterocycles. The summed E-state index contributed by atoms with van der Waals surface area (Å²) in [7, 11) is 0. The van der Waals surface area contributed by atoms with Gasteiger partial charge in [0.25, 0.3) is 5.56 Å². The van der Waals surface area contributed by atoms with Crippen LogP contribution >= 0.6 is 0 Å². The summed E-state index contributed by atoms with van der Waals surface area (Å²) in [5.74, 6) is 0.739. The minimum absolute atomic E-state index is 0.0126. The van der Waals surface area contributed by atoms with Crippen molar-refractivity contribution in [3.05, 3.63) is 46.5 Å². The molecule has 2 rings (SSSR count). The van der Waals surface area contributed by atoms with Gasteiger partial charge >= 0.3 is 6.03 Å². The number of pyridine rings is 1. The molecular formula is C23H41N3O2. The van der Waals surface area contributed by atoms with Crippen LogP contribution in [0, 0.1) is 5.92 Å². The molecule has 28 heavy (non-hydrogen) atoms. The summed E-state index contributed by atoms with van der Waals surface area (Å²) in [4.78, 5) is 26.2. The van der Waals surface area contributed by atoms with Gasteiger partial charge in [-0.25, -0.2) is 4.79 Å². The fourth-order valence-electron chi connectivity index (χ4n) is 2.92. The number of hydrogen-bond acceptors (Lipinski definition) is 2. The van der Waals surface area contributed by atoms with Crippen molar-refractivity contribution in [1.82, 2.24) is 14.8 Å². The Morgan fingerprint density at radius 1 is 1.11 bits per heavy atom. The Morgan fingerprint density at radius 3 is 2.39 bits per heavy atom. The van der Waals surface area contributed by atoms with Crippen LogP contribution in [0.15, 0.2) is 35.4 Å². The molecule has 1 aliphatic rings. The monoisotopic (exact) mass is 391 g/mol. The lowest BCUT2D eigenvalue weighted by Gasteiger charge is -2.28. The van der Waals surface area contributed by atoms with Crippen molar-refractivity contribution < 1.29 is 4.79 Å². The number of unbranched alkanes of at least 4 members (excludes halogenated alkanes) is 2. The second kappa shape index (κ2) is 14.9. The number of carbonyl (C=O) groups excluding carboxylic acids is 1. The first-order chi connectivity index (χ1) is 13.5. The molecule has 5 nitrogen and oxygen atoms in total. The number of hydrogen-bond donors (Lipinski definition) is 1. The highest BCUT2D eigenvalue weighted by atomic mass is 16.2. The first kappa shape index (κ1) is 26.0. The SMILES string of the molecule is C=C1CCN(Cc2cccn(CCCCCC(C)C)c2=O)C(=O)N1.CC.CC. The smallest absolute Gasteiger partial charge is 0.320 e. The van der Waals surface area contributed by atoms with Crippen LogP contribution in [0.3, 0.4) is 0 Å². The summed E-state index contributed by atoms with van der Waals surface area (Å²) in [5, 5.41) is 2.72. The van der Waals surface area contributed by atoms with Crippen LogP contribution in [0.2, 0.25) is 0 Å². The van der Waals surface area contributed by atoms with Gasteiger partial charge in [-0.3, -0.25) is 4.79 Å². The van der Waals surface area contributed by atoms with E-state index in [-0.39, 0.29) is 11.6 Å². The third-order valence-corrected chi connectivity index (χ3v) is 4.40. The average Bonchev–Trinajstić information content (AvgIpc) is 2.69. The lowest BCUT2D eigenvalue weighted by atomic mass is 10.1. The van der Waals surface area contributed by atoms with E-state index in [1.54, 1.807) is 9.47 Å². The summed E-state index contributed by atoms with van der Waals surface area (Å²) in [6.07, 6.45) is 7.18. The third kappa shape index (κ3) is 9.25. The van der Waals surface area contributed by atoms with Crippen LogP contribution in [0.5, 0.6) is 0 Å². The zero-order valence-electron chi connectivity index (χ0n) is 18.9. The van der Waals surface area contributed by atoms with Gasteiger partial charge < -0.3 is 14.8 Å². The largest absolute Gasteiger partial charge is 0.321 e. The minimum Gasteiger partial charge on any atom is -0.320 e. The summed E-state index contributed by atoms with van der Waals surface area (Å²) >= 11 is 0. The van der Waals surface area contributed by atoms with Crippen LogP contribution in [-0.4, -0.2) is 22.0 Å². The Hall–Kier alpha value is -2.04. The molecule has 1 fully saturated rings. The maximum atomic E-state index is 12.6. The predicted molar refractivity (Wildman–Crippen MR) is 119 cm³/mol. The molecule has 0 spiro atoms. The zero-order valence-corrected chi connectivity index (χ0v) is 18.9. The van der Waals surface area contributed by atoms with Crippen LogP contribution in [0.1, 0.15) is 79.2 Å². The number of nitrogens with one attached hydrogen (secondary N) is 1. The van der Waals surface area contributed by atoms with E-state index < -0.39 is 0 Å². The van der Waals surface area contributed by atoms with Crippen LogP contribution in [0.4, 0.5) is 4.79 Å². The van der Waals surface area contributed by atoms with Gasteiger partial charge in [-0.15, -0.1) is 0 Å². The van der Waals surface area contributed by atoms with Crippen molar-refractivity contribution in [1.29, 1.82) is 0 Å². The van der Waals surface area contributed by atoms with E-state index in [0.29, 0.717) is 18.7 Å². The summed E-state index contributed by atoms with van der Waals surface area (Å²) in [5.41, 5.74) is 1.42. The number of aromatic nitrogens is 1. The molecule has 1 aliphatic heterocycles. The van der Waals surface area contributed by atoms with E-state index >= 15 is 0 Å². The number of carbonyl (C=O) groups is 1. The van der Waals surface area contributed by atoms with Crippen LogP contribution < -0.4 is 10.9 Å². The van der Waals surface area contributed by atoms with Crippen molar-refractivity contribution in [2.24, 2.45) is 5.92 Å². The molecule has 1 N–H and O–H groups in total. The van der Waals surface area contributed by atoms with Gasteiger partial charge in [0.2, 0.25) is 0 Å². The minimum atomic E-state index is -0.172. The molecule has 2 amide bonds. The molecule has 0 radical (unpaired) electrons. The number of aryl methyl sites for hydroxylation is 1. The fourth-order valence-corrected chi connectivity index (χ4v) is 2.92. The van der Waals surface area contributed by atoms with E-state index in [4.69, 9.17) is 0 Å². The summed E-state index contributed by atoms with van der Waals surface area (Å²) in [6.45, 7) is 17.9. The van der Waals surface area contributed by atoms with Gasteiger partial charge in [0.15, 0.2) is 0 Å². The highest BCUT2D eigenvalue weighted by Crippen LogP contribution is 2.11. The van der Waals surface area contributed by atoms with E-state index in [1.807, 2.05) is 46.0 Å². The molecule has 0 aliphatic carbocycles. The molecule has 0 aromatic carbocycles. The van der Waals surface area contributed by atoms with E-state index in [0.717, 1.165) is 37.4 Å². The van der Waals surface area contributed by atoms with Gasteiger partial charge in [0, 0.05) is 37.0 Å². The van der Waals surface area contributed by atoms with E-state index in [2.05, 4.69) is 25.7 Å². The van der Waals surface area contributed by atoms with Crippen molar-refractivity contribution in [3.8, 4) is 0 Å². The molecule has 5 heteroatoms. The highest BCUT2D eigenvalue weighted by molar-refractivity contribution is 5.77. The van der Waals surface area contributed by atoms with Gasteiger partial charge in [0.1, 0.15) is 0 Å². The average molecular weight is 392 g/mol. The van der Waals surface area contributed by atoms with E-state index in [9.17, 15) is 9.59 Å². The molecule has 0 unspecified atom stereocenters. The molecule has 1 aromatic rings. The van der Waals surface area contributed by atoms with Gasteiger partial charge in [-0.05, 0) is 18.4 Å². The lowest BCUT2D eigenvalue weighted by molar-refractivity contribution is 0.190. The Balaban J connectivity index is 0.00000171. The molecular weight excluding hydrogens is 350 g/mol. The van der Waals surface area contributed by atoms with Crippen LogP contribution in [0.25, 0.3) is 0 Å². The van der Waals surface area contributed by atoms with Gasteiger partial charge in [-0.2, -0.15) is 0 Å². The van der Waals surface area contributed by atoms with Crippen molar-refractivity contribution in [2.75, 3.05) is 6.54 Å². The summed E-state index contributed by atoms with van der Waals surface area (Å²) < 4.78 is 1.77. The third-order valence-electron chi connectivity index (χ3n) is 4.40. The maximum Gasteiger partial charge on any atom is 0.321 e. The first-order valence-corrected chi connectivity index (χ1v) is 10.9. The molecule has 1 aromatic heterocycles. The second-order valence-corrected chi connectivity index (χ2v) is 6.98. The zero-order chi connectivity index (χ0) is 21.5. The predicted octanol–water partition coefficient (Wildman–Crippen LogP) is 5.55. The summed E-state index contributed by atoms with van der Waals surface area (Å²) in [6, 6.07) is 3.54. The number of nitrogens with zero attached hydrogens (tertiary/aromatic N) is 2. The normalized spacial score (nSPS) is 13.3. The molecule has 160 valence electrons. The first-order valence-electron chi connectivity index (χ1n) is 10.9. The maximum absolute atomic E-state index is 12.6. The van der Waals surface area contributed by atoms with Gasteiger partial charge in [0.05, 0.1) is 6.54 Å². The quantitative estimate of drug-likeness (QED) is 0.591. The van der Waals surface area contributed by atoms with Gasteiger partial charge in [-0.1, -0.05) is 73.5 Å². The fraction of sp³-hybridized carbons (Fsp3) is 0.652. The molecule has 0 atom stereocenters. The topological polar surface area (TPSA) is 54.3 Å². The molecule has 0 bridgehead atoms. The highest BCUT2D eigenvalue weighted by Gasteiger charge is 2.20. The van der Waals surface area contributed by atoms with Crippen molar-refractivity contribution in [3.63, 3.8) is 0 Å². The lowest BCUT2D eigenvalue weighted by Crippen LogP contribution is -2.45. The van der Waals surface area contributed by atoms with E-state index in [1.165, 1.54) is 12.8 Å². The molecule has 0 saturated carbocycles.